The number of halogens is 3. The molecule has 6 heteroatoms. The highest BCUT2D eigenvalue weighted by molar-refractivity contribution is 6.33. The minimum atomic E-state index is 0. The third-order valence-electron chi connectivity index (χ3n) is 5.00. The maximum absolute atomic E-state index is 6.23. The molecule has 0 radical (unpaired) electrons. The van der Waals surface area contributed by atoms with Crippen molar-refractivity contribution in [1.29, 1.82) is 0 Å². The second kappa shape index (κ2) is 8.59. The quantitative estimate of drug-likeness (QED) is 0.826. The van der Waals surface area contributed by atoms with E-state index in [0.29, 0.717) is 6.04 Å². The molecule has 4 heterocycles. The second-order valence-corrected chi connectivity index (χ2v) is 6.78. The summed E-state index contributed by atoms with van der Waals surface area (Å²) in [6.45, 7) is 4.53. The summed E-state index contributed by atoms with van der Waals surface area (Å²) in [6.07, 6.45) is 2.67. The van der Waals surface area contributed by atoms with E-state index in [9.17, 15) is 0 Å². The molecule has 24 heavy (non-hydrogen) atoms. The number of fused-ring (bicyclic) bond motifs is 3. The molecular formula is C18H23Cl3N2O. The minimum Gasteiger partial charge on any atom is -0.460 e. The van der Waals surface area contributed by atoms with Gasteiger partial charge in [0.05, 0.1) is 11.6 Å². The lowest BCUT2D eigenvalue weighted by molar-refractivity contribution is 0.0711. The van der Waals surface area contributed by atoms with Crippen LogP contribution in [-0.4, -0.2) is 30.6 Å². The first-order valence-electron chi connectivity index (χ1n) is 8.09. The van der Waals surface area contributed by atoms with E-state index in [0.717, 1.165) is 34.6 Å². The van der Waals surface area contributed by atoms with Crippen molar-refractivity contribution in [3.8, 4) is 11.3 Å². The molecule has 1 aromatic carbocycles. The number of piperidine rings is 3. The molecule has 3 aliphatic heterocycles. The monoisotopic (exact) mass is 388 g/mol. The van der Waals surface area contributed by atoms with Crippen molar-refractivity contribution >= 4 is 36.4 Å². The topological polar surface area (TPSA) is 28.4 Å². The molecule has 3 fully saturated rings. The highest BCUT2D eigenvalue weighted by atomic mass is 35.5. The lowest BCUT2D eigenvalue weighted by atomic mass is 9.84. The molecule has 2 bridgehead atoms. The maximum Gasteiger partial charge on any atom is 0.135 e. The van der Waals surface area contributed by atoms with Gasteiger partial charge in [0.25, 0.3) is 0 Å². The number of benzene rings is 1. The van der Waals surface area contributed by atoms with Crippen molar-refractivity contribution in [3.05, 3.63) is 47.2 Å². The molecular weight excluding hydrogens is 367 g/mol. The first kappa shape index (κ1) is 19.6. The normalized spacial score (nSPS) is 25.0. The van der Waals surface area contributed by atoms with Crippen LogP contribution in [0.15, 0.2) is 40.8 Å². The van der Waals surface area contributed by atoms with Gasteiger partial charge in [-0.25, -0.2) is 0 Å². The Balaban J connectivity index is 0.00000104. The van der Waals surface area contributed by atoms with Crippen molar-refractivity contribution < 1.29 is 4.42 Å². The molecule has 3 aliphatic rings. The standard InChI is InChI=1S/C18H21ClN2O.2ClH/c19-16-4-2-1-3-15(16)18-6-5-14(22-18)11-20-17-12-21-9-7-13(17)8-10-21;;/h1-6,13,17,20H,7-12H2;2*1H. The van der Waals surface area contributed by atoms with Gasteiger partial charge in [0.15, 0.2) is 0 Å². The molecule has 0 amide bonds. The fourth-order valence-corrected chi connectivity index (χ4v) is 3.94. The summed E-state index contributed by atoms with van der Waals surface area (Å²) in [6, 6.07) is 12.5. The highest BCUT2D eigenvalue weighted by Gasteiger charge is 2.33. The van der Waals surface area contributed by atoms with Gasteiger partial charge in [0, 0.05) is 18.2 Å². The van der Waals surface area contributed by atoms with Crippen molar-refractivity contribution in [2.45, 2.75) is 25.4 Å². The third-order valence-corrected chi connectivity index (χ3v) is 5.33. The summed E-state index contributed by atoms with van der Waals surface area (Å²) < 4.78 is 5.96. The lowest BCUT2D eigenvalue weighted by Crippen LogP contribution is -2.55. The van der Waals surface area contributed by atoms with Gasteiger partial charge in [-0.3, -0.25) is 0 Å². The van der Waals surface area contributed by atoms with E-state index in [1.54, 1.807) is 0 Å². The number of rotatable bonds is 4. The molecule has 0 spiro atoms. The van der Waals surface area contributed by atoms with E-state index < -0.39 is 0 Å². The van der Waals surface area contributed by atoms with Gasteiger partial charge < -0.3 is 14.6 Å². The average Bonchev–Trinajstić information content (AvgIpc) is 3.03. The summed E-state index contributed by atoms with van der Waals surface area (Å²) in [4.78, 5) is 2.56. The van der Waals surface area contributed by atoms with Gasteiger partial charge in [-0.1, -0.05) is 23.7 Å². The van der Waals surface area contributed by atoms with Gasteiger partial charge in [0.1, 0.15) is 11.5 Å². The maximum atomic E-state index is 6.23. The van der Waals surface area contributed by atoms with Crippen molar-refractivity contribution in [2.24, 2.45) is 5.92 Å². The van der Waals surface area contributed by atoms with E-state index in [1.807, 2.05) is 36.4 Å². The molecule has 1 atom stereocenters. The van der Waals surface area contributed by atoms with Crippen LogP contribution in [0.5, 0.6) is 0 Å². The van der Waals surface area contributed by atoms with Crippen LogP contribution < -0.4 is 5.32 Å². The van der Waals surface area contributed by atoms with Crippen LogP contribution in [0.25, 0.3) is 11.3 Å². The minimum absolute atomic E-state index is 0. The zero-order valence-electron chi connectivity index (χ0n) is 13.4. The molecule has 1 aromatic heterocycles. The van der Waals surface area contributed by atoms with Crippen molar-refractivity contribution in [2.75, 3.05) is 19.6 Å². The average molecular weight is 390 g/mol. The Labute approximate surface area is 160 Å². The molecule has 3 saturated heterocycles. The predicted octanol–water partition coefficient (Wildman–Crippen LogP) is 4.63. The molecule has 1 N–H and O–H groups in total. The van der Waals surface area contributed by atoms with Crippen molar-refractivity contribution in [1.82, 2.24) is 10.2 Å². The van der Waals surface area contributed by atoms with Crippen LogP contribution >= 0.6 is 36.4 Å². The Morgan fingerprint density at radius 1 is 1.08 bits per heavy atom. The number of hydrogen-bond acceptors (Lipinski definition) is 3. The second-order valence-electron chi connectivity index (χ2n) is 6.37. The van der Waals surface area contributed by atoms with E-state index >= 15 is 0 Å². The van der Waals surface area contributed by atoms with Crippen molar-refractivity contribution in [3.63, 3.8) is 0 Å². The molecule has 0 saturated carbocycles. The van der Waals surface area contributed by atoms with Gasteiger partial charge in [-0.15, -0.1) is 24.8 Å². The highest BCUT2D eigenvalue weighted by Crippen LogP contribution is 2.30. The third kappa shape index (κ3) is 4.09. The Morgan fingerprint density at radius 3 is 2.50 bits per heavy atom. The molecule has 0 aliphatic carbocycles. The molecule has 5 rings (SSSR count). The van der Waals surface area contributed by atoms with E-state index in [-0.39, 0.29) is 24.8 Å². The predicted molar refractivity (Wildman–Crippen MR) is 103 cm³/mol. The van der Waals surface area contributed by atoms with Gasteiger partial charge in [-0.05, 0) is 56.1 Å². The lowest BCUT2D eigenvalue weighted by Gasteiger charge is -2.45. The summed E-state index contributed by atoms with van der Waals surface area (Å²) >= 11 is 6.23. The molecule has 1 unspecified atom stereocenters. The van der Waals surface area contributed by atoms with Crippen LogP contribution in [0.1, 0.15) is 18.6 Å². The SMILES string of the molecule is Cl.Cl.Clc1ccccc1-c1ccc(CNC2CN3CCC2CC3)o1. The molecule has 132 valence electrons. The Hall–Kier alpha value is -0.710. The van der Waals surface area contributed by atoms with Crippen LogP contribution in [0.2, 0.25) is 5.02 Å². The summed E-state index contributed by atoms with van der Waals surface area (Å²) in [5, 5.41) is 4.41. The largest absolute Gasteiger partial charge is 0.460 e. The summed E-state index contributed by atoms with van der Waals surface area (Å²) in [7, 11) is 0. The number of hydrogen-bond donors (Lipinski definition) is 1. The van der Waals surface area contributed by atoms with E-state index in [4.69, 9.17) is 16.0 Å². The van der Waals surface area contributed by atoms with Gasteiger partial charge >= 0.3 is 0 Å². The zero-order valence-corrected chi connectivity index (χ0v) is 15.8. The summed E-state index contributed by atoms with van der Waals surface area (Å²) in [5.74, 6) is 2.66. The summed E-state index contributed by atoms with van der Waals surface area (Å²) in [5.41, 5.74) is 0.957. The van der Waals surface area contributed by atoms with Crippen LogP contribution in [-0.2, 0) is 6.54 Å². The number of furan rings is 1. The van der Waals surface area contributed by atoms with E-state index in [2.05, 4.69) is 10.2 Å². The number of nitrogens with one attached hydrogen (secondary N) is 1. The number of nitrogens with zero attached hydrogens (tertiary/aromatic N) is 1. The Kier molecular flexibility index (Phi) is 7.02. The van der Waals surface area contributed by atoms with Crippen LogP contribution in [0, 0.1) is 5.92 Å². The van der Waals surface area contributed by atoms with Gasteiger partial charge in [0.2, 0.25) is 0 Å². The Bertz CT molecular complexity index is 653. The zero-order chi connectivity index (χ0) is 14.9. The van der Waals surface area contributed by atoms with Gasteiger partial charge in [-0.2, -0.15) is 0 Å². The molecule has 2 aromatic rings. The van der Waals surface area contributed by atoms with Crippen LogP contribution in [0.4, 0.5) is 0 Å². The smallest absolute Gasteiger partial charge is 0.135 e. The fraction of sp³-hybridized carbons (Fsp3) is 0.444. The fourth-order valence-electron chi connectivity index (χ4n) is 3.71. The molecule has 3 nitrogen and oxygen atoms in total. The Morgan fingerprint density at radius 2 is 1.83 bits per heavy atom. The first-order valence-corrected chi connectivity index (χ1v) is 8.47. The first-order chi connectivity index (χ1) is 10.8. The van der Waals surface area contributed by atoms with Crippen LogP contribution in [0.3, 0.4) is 0 Å². The van der Waals surface area contributed by atoms with E-state index in [1.165, 1.54) is 32.5 Å².